The second-order valence-electron chi connectivity index (χ2n) is 5.86. The number of aryl methyl sites for hydroxylation is 1. The highest BCUT2D eigenvalue weighted by Gasteiger charge is 2.17. The van der Waals surface area contributed by atoms with Crippen LogP contribution < -0.4 is 4.74 Å². The number of aromatic nitrogens is 2. The van der Waals surface area contributed by atoms with E-state index in [2.05, 4.69) is 16.9 Å². The van der Waals surface area contributed by atoms with E-state index in [0.29, 0.717) is 12.2 Å². The maximum Gasteiger partial charge on any atom is 0.273 e. The van der Waals surface area contributed by atoms with Crippen LogP contribution in [0.15, 0.2) is 35.8 Å². The molecular weight excluding hydrogens is 334 g/mol. The van der Waals surface area contributed by atoms with E-state index in [1.54, 1.807) is 36.6 Å². The Bertz CT molecular complexity index is 891. The van der Waals surface area contributed by atoms with Crippen LogP contribution in [0.5, 0.6) is 5.75 Å². The fourth-order valence-corrected chi connectivity index (χ4v) is 3.64. The number of nitrogens with zero attached hydrogens (tertiary/aromatic N) is 3. The third-order valence-corrected chi connectivity index (χ3v) is 4.94. The Kier molecular flexibility index (Phi) is 5.28. The average molecular weight is 355 g/mol. The van der Waals surface area contributed by atoms with Gasteiger partial charge in [-0.25, -0.2) is 4.98 Å². The van der Waals surface area contributed by atoms with Crippen molar-refractivity contribution in [2.24, 2.45) is 0 Å². The number of thiazole rings is 1. The first-order valence-corrected chi connectivity index (χ1v) is 9.12. The molecule has 3 aromatic rings. The Morgan fingerprint density at radius 2 is 2.16 bits per heavy atom. The summed E-state index contributed by atoms with van der Waals surface area (Å²) in [7, 11) is 3.43. The van der Waals surface area contributed by atoms with E-state index in [4.69, 9.17) is 4.74 Å². The molecule has 0 atom stereocenters. The lowest BCUT2D eigenvalue weighted by molar-refractivity contribution is 0.0780. The molecule has 1 amide bonds. The number of rotatable bonds is 6. The van der Waals surface area contributed by atoms with Gasteiger partial charge in [0.1, 0.15) is 17.0 Å². The zero-order chi connectivity index (χ0) is 17.8. The molecule has 0 aliphatic rings. The lowest BCUT2D eigenvalue weighted by Gasteiger charge is -2.18. The van der Waals surface area contributed by atoms with Crippen LogP contribution in [0.1, 0.15) is 34.4 Å². The summed E-state index contributed by atoms with van der Waals surface area (Å²) in [5.41, 5.74) is 2.36. The molecule has 0 saturated carbocycles. The predicted octanol–water partition coefficient (Wildman–Crippen LogP) is 3.92. The summed E-state index contributed by atoms with van der Waals surface area (Å²) in [6.07, 6.45) is 3.69. The van der Waals surface area contributed by atoms with Crippen molar-refractivity contribution in [3.63, 3.8) is 0 Å². The van der Waals surface area contributed by atoms with Gasteiger partial charge in [0, 0.05) is 30.6 Å². The van der Waals surface area contributed by atoms with Gasteiger partial charge in [0.15, 0.2) is 0 Å². The van der Waals surface area contributed by atoms with Crippen molar-refractivity contribution in [3.05, 3.63) is 52.1 Å². The van der Waals surface area contributed by atoms with Gasteiger partial charge in [-0.05, 0) is 30.5 Å². The van der Waals surface area contributed by atoms with Gasteiger partial charge in [-0.3, -0.25) is 9.78 Å². The molecule has 0 N–H and O–H groups in total. The number of fused-ring (bicyclic) bond motifs is 1. The van der Waals surface area contributed by atoms with Crippen LogP contribution in [-0.2, 0) is 13.0 Å². The summed E-state index contributed by atoms with van der Waals surface area (Å²) in [6.45, 7) is 2.60. The molecule has 2 heterocycles. The maximum atomic E-state index is 12.7. The minimum Gasteiger partial charge on any atom is -0.494 e. The molecule has 0 aliphatic heterocycles. The summed E-state index contributed by atoms with van der Waals surface area (Å²) in [5, 5.41) is 3.85. The monoisotopic (exact) mass is 355 g/mol. The van der Waals surface area contributed by atoms with E-state index in [9.17, 15) is 4.79 Å². The van der Waals surface area contributed by atoms with Crippen LogP contribution in [0.2, 0.25) is 0 Å². The zero-order valence-corrected chi connectivity index (χ0v) is 15.5. The third kappa shape index (κ3) is 3.64. The molecule has 2 aromatic heterocycles. The van der Waals surface area contributed by atoms with Crippen LogP contribution in [0.25, 0.3) is 10.9 Å². The zero-order valence-electron chi connectivity index (χ0n) is 14.7. The van der Waals surface area contributed by atoms with E-state index in [1.165, 1.54) is 0 Å². The fourth-order valence-electron chi connectivity index (χ4n) is 2.77. The summed E-state index contributed by atoms with van der Waals surface area (Å²) in [6, 6.07) is 7.77. The Morgan fingerprint density at radius 3 is 2.92 bits per heavy atom. The molecule has 0 spiro atoms. The Morgan fingerprint density at radius 1 is 1.32 bits per heavy atom. The molecule has 1 aromatic carbocycles. The molecule has 0 bridgehead atoms. The Hall–Kier alpha value is -2.47. The van der Waals surface area contributed by atoms with Gasteiger partial charge in [0.25, 0.3) is 5.91 Å². The highest BCUT2D eigenvalue weighted by atomic mass is 32.1. The van der Waals surface area contributed by atoms with E-state index in [1.807, 2.05) is 29.6 Å². The van der Waals surface area contributed by atoms with Gasteiger partial charge in [0.2, 0.25) is 0 Å². The van der Waals surface area contributed by atoms with Crippen LogP contribution in [-0.4, -0.2) is 34.9 Å². The van der Waals surface area contributed by atoms with Crippen LogP contribution >= 0.6 is 11.3 Å². The second-order valence-corrected chi connectivity index (χ2v) is 6.81. The number of hydrogen-bond donors (Lipinski definition) is 0. The molecule has 6 heteroatoms. The van der Waals surface area contributed by atoms with Crippen molar-refractivity contribution < 1.29 is 9.53 Å². The van der Waals surface area contributed by atoms with Crippen molar-refractivity contribution in [2.45, 2.75) is 26.3 Å². The van der Waals surface area contributed by atoms with E-state index in [-0.39, 0.29) is 5.91 Å². The molecule has 0 radical (unpaired) electrons. The van der Waals surface area contributed by atoms with Crippen molar-refractivity contribution in [3.8, 4) is 5.75 Å². The minimum atomic E-state index is -0.0635. The maximum absolute atomic E-state index is 12.7. The molecular formula is C19H21N3O2S. The largest absolute Gasteiger partial charge is 0.494 e. The number of ether oxygens (including phenoxy) is 1. The molecule has 0 aliphatic carbocycles. The lowest BCUT2D eigenvalue weighted by Crippen LogP contribution is -2.26. The standard InChI is InChI=1S/C19H21N3O2S/c1-4-6-17-21-15(12-25-17)19(23)22(2)11-13-8-9-16(24-3)18-14(13)7-5-10-20-18/h5,7-10,12H,4,6,11H2,1-3H3. The van der Waals surface area contributed by atoms with E-state index in [0.717, 1.165) is 40.1 Å². The summed E-state index contributed by atoms with van der Waals surface area (Å²) in [4.78, 5) is 23.2. The first-order chi connectivity index (χ1) is 12.1. The molecule has 0 unspecified atom stereocenters. The van der Waals surface area contributed by atoms with Gasteiger partial charge in [-0.2, -0.15) is 0 Å². The topological polar surface area (TPSA) is 55.3 Å². The molecule has 3 rings (SSSR count). The highest BCUT2D eigenvalue weighted by molar-refractivity contribution is 7.09. The number of pyridine rings is 1. The summed E-state index contributed by atoms with van der Waals surface area (Å²) in [5.74, 6) is 0.670. The molecule has 130 valence electrons. The van der Waals surface area contributed by atoms with Gasteiger partial charge in [-0.1, -0.05) is 19.1 Å². The number of carbonyl (C=O) groups excluding carboxylic acids is 1. The van der Waals surface area contributed by atoms with Gasteiger partial charge >= 0.3 is 0 Å². The van der Waals surface area contributed by atoms with Crippen LogP contribution in [0.3, 0.4) is 0 Å². The average Bonchev–Trinajstić information content (AvgIpc) is 3.10. The van der Waals surface area contributed by atoms with Crippen molar-refractivity contribution in [2.75, 3.05) is 14.2 Å². The number of benzene rings is 1. The SMILES string of the molecule is CCCc1nc(C(=O)N(C)Cc2ccc(OC)c3ncccc23)cs1. The highest BCUT2D eigenvalue weighted by Crippen LogP contribution is 2.27. The fraction of sp³-hybridized carbons (Fsp3) is 0.316. The normalized spacial score (nSPS) is 10.8. The predicted molar refractivity (Wildman–Crippen MR) is 100 cm³/mol. The number of carbonyl (C=O) groups is 1. The molecule has 0 fully saturated rings. The summed E-state index contributed by atoms with van der Waals surface area (Å²) < 4.78 is 5.38. The molecule has 25 heavy (non-hydrogen) atoms. The second kappa shape index (κ2) is 7.61. The third-order valence-electron chi connectivity index (χ3n) is 4.03. The first kappa shape index (κ1) is 17.4. The smallest absolute Gasteiger partial charge is 0.273 e. The van der Waals surface area contributed by atoms with Crippen molar-refractivity contribution in [1.82, 2.24) is 14.9 Å². The number of methoxy groups -OCH3 is 1. The van der Waals surface area contributed by atoms with Gasteiger partial charge in [-0.15, -0.1) is 11.3 Å². The van der Waals surface area contributed by atoms with Crippen molar-refractivity contribution >= 4 is 28.1 Å². The van der Waals surface area contributed by atoms with Gasteiger partial charge < -0.3 is 9.64 Å². The van der Waals surface area contributed by atoms with E-state index >= 15 is 0 Å². The quantitative estimate of drug-likeness (QED) is 0.672. The number of hydrogen-bond acceptors (Lipinski definition) is 5. The van der Waals surface area contributed by atoms with Crippen LogP contribution in [0, 0.1) is 0 Å². The lowest BCUT2D eigenvalue weighted by atomic mass is 10.1. The Balaban J connectivity index is 1.84. The minimum absolute atomic E-state index is 0.0635. The van der Waals surface area contributed by atoms with E-state index < -0.39 is 0 Å². The molecule has 5 nitrogen and oxygen atoms in total. The number of amides is 1. The van der Waals surface area contributed by atoms with Crippen molar-refractivity contribution in [1.29, 1.82) is 0 Å². The molecule has 0 saturated heterocycles. The van der Waals surface area contributed by atoms with Crippen LogP contribution in [0.4, 0.5) is 0 Å². The first-order valence-electron chi connectivity index (χ1n) is 8.24. The Labute approximate surface area is 151 Å². The summed E-state index contributed by atoms with van der Waals surface area (Å²) >= 11 is 1.55. The van der Waals surface area contributed by atoms with Gasteiger partial charge in [0.05, 0.1) is 12.1 Å².